The standard InChI is InChI=1S/C21H30F3NO/c1-15(2)17-3-5-18(6-4-17)19-20(11-12-25-19)9-7-16(8-10-20)13-26-14-21(22,23)24/h3-6,15-16,19,25H,7-14H2,1-2H3. The maximum atomic E-state index is 12.2. The molecule has 1 unspecified atom stereocenters. The summed E-state index contributed by atoms with van der Waals surface area (Å²) in [5.41, 5.74) is 2.95. The van der Waals surface area contributed by atoms with Crippen LogP contribution in [0, 0.1) is 11.3 Å². The van der Waals surface area contributed by atoms with E-state index in [2.05, 4.69) is 43.4 Å². The molecule has 2 fully saturated rings. The normalized spacial score (nSPS) is 29.6. The van der Waals surface area contributed by atoms with Crippen LogP contribution in [0.3, 0.4) is 0 Å². The Morgan fingerprint density at radius 3 is 2.35 bits per heavy atom. The third-order valence-corrected chi connectivity index (χ3v) is 6.24. The Balaban J connectivity index is 1.58. The van der Waals surface area contributed by atoms with Gasteiger partial charge in [-0.25, -0.2) is 0 Å². The van der Waals surface area contributed by atoms with Gasteiger partial charge in [-0.3, -0.25) is 0 Å². The number of halogens is 3. The highest BCUT2D eigenvalue weighted by atomic mass is 19.4. The zero-order chi connectivity index (χ0) is 18.8. The van der Waals surface area contributed by atoms with E-state index in [-0.39, 0.29) is 17.9 Å². The largest absolute Gasteiger partial charge is 0.411 e. The molecule has 146 valence electrons. The summed E-state index contributed by atoms with van der Waals surface area (Å²) < 4.78 is 41.6. The smallest absolute Gasteiger partial charge is 0.372 e. The van der Waals surface area contributed by atoms with Gasteiger partial charge in [-0.15, -0.1) is 0 Å². The van der Waals surface area contributed by atoms with Crippen LogP contribution in [-0.4, -0.2) is 25.9 Å². The lowest BCUT2D eigenvalue weighted by Crippen LogP contribution is -2.34. The van der Waals surface area contributed by atoms with Crippen molar-refractivity contribution in [3.8, 4) is 0 Å². The van der Waals surface area contributed by atoms with Crippen LogP contribution in [-0.2, 0) is 4.74 Å². The first-order chi connectivity index (χ1) is 12.3. The lowest BCUT2D eigenvalue weighted by atomic mass is 9.65. The van der Waals surface area contributed by atoms with Crippen molar-refractivity contribution in [1.82, 2.24) is 5.32 Å². The van der Waals surface area contributed by atoms with E-state index in [1.165, 1.54) is 11.1 Å². The van der Waals surface area contributed by atoms with Gasteiger partial charge in [-0.1, -0.05) is 38.1 Å². The van der Waals surface area contributed by atoms with Crippen LogP contribution in [0.25, 0.3) is 0 Å². The van der Waals surface area contributed by atoms with Crippen LogP contribution in [0.15, 0.2) is 24.3 Å². The van der Waals surface area contributed by atoms with Gasteiger partial charge >= 0.3 is 6.18 Å². The molecule has 1 spiro atoms. The summed E-state index contributed by atoms with van der Waals surface area (Å²) in [6.45, 7) is 4.53. The molecule has 1 N–H and O–H groups in total. The van der Waals surface area contributed by atoms with Crippen LogP contribution in [0.5, 0.6) is 0 Å². The van der Waals surface area contributed by atoms with Gasteiger partial charge in [-0.05, 0) is 67.0 Å². The fourth-order valence-corrected chi connectivity index (χ4v) is 4.67. The summed E-state index contributed by atoms with van der Waals surface area (Å²) >= 11 is 0. The van der Waals surface area contributed by atoms with E-state index in [1.807, 2.05) is 0 Å². The molecule has 1 atom stereocenters. The molecule has 1 saturated carbocycles. The maximum absolute atomic E-state index is 12.2. The molecule has 0 aromatic heterocycles. The van der Waals surface area contributed by atoms with Crippen molar-refractivity contribution in [2.24, 2.45) is 11.3 Å². The van der Waals surface area contributed by atoms with E-state index in [0.29, 0.717) is 12.0 Å². The molecule has 0 bridgehead atoms. The lowest BCUT2D eigenvalue weighted by molar-refractivity contribution is -0.177. The number of nitrogens with one attached hydrogen (secondary N) is 1. The maximum Gasteiger partial charge on any atom is 0.411 e. The zero-order valence-corrected chi connectivity index (χ0v) is 15.7. The Hall–Kier alpha value is -1.07. The molecule has 0 amide bonds. The van der Waals surface area contributed by atoms with Crippen LogP contribution in [0.1, 0.15) is 69.0 Å². The van der Waals surface area contributed by atoms with Gasteiger partial charge in [0.05, 0.1) is 0 Å². The number of hydrogen-bond acceptors (Lipinski definition) is 2. The van der Waals surface area contributed by atoms with E-state index in [9.17, 15) is 13.2 Å². The molecule has 1 saturated heterocycles. The molecule has 2 aliphatic rings. The molecule has 5 heteroatoms. The molecule has 1 aromatic carbocycles. The first kappa shape index (κ1) is 19.7. The van der Waals surface area contributed by atoms with E-state index in [1.54, 1.807) is 0 Å². The van der Waals surface area contributed by atoms with Crippen molar-refractivity contribution in [3.63, 3.8) is 0 Å². The second-order valence-electron chi connectivity index (χ2n) is 8.39. The predicted molar refractivity (Wildman–Crippen MR) is 97.2 cm³/mol. The molecule has 0 radical (unpaired) electrons. The summed E-state index contributed by atoms with van der Waals surface area (Å²) in [7, 11) is 0. The van der Waals surface area contributed by atoms with Crippen molar-refractivity contribution in [1.29, 1.82) is 0 Å². The van der Waals surface area contributed by atoms with Crippen LogP contribution in [0.4, 0.5) is 13.2 Å². The Kier molecular flexibility index (Phi) is 5.97. The van der Waals surface area contributed by atoms with E-state index >= 15 is 0 Å². The second-order valence-corrected chi connectivity index (χ2v) is 8.39. The second kappa shape index (κ2) is 7.89. The summed E-state index contributed by atoms with van der Waals surface area (Å²) in [6, 6.07) is 9.31. The Morgan fingerprint density at radius 2 is 1.77 bits per heavy atom. The summed E-state index contributed by atoms with van der Waals surface area (Å²) in [4.78, 5) is 0. The van der Waals surface area contributed by atoms with E-state index in [4.69, 9.17) is 4.74 Å². The first-order valence-corrected chi connectivity index (χ1v) is 9.77. The molecule has 1 aliphatic heterocycles. The lowest BCUT2D eigenvalue weighted by Gasteiger charge is -2.41. The molecular weight excluding hydrogens is 339 g/mol. The molecule has 1 heterocycles. The minimum Gasteiger partial charge on any atom is -0.372 e. The molecular formula is C21H30F3NO. The fraction of sp³-hybridized carbons (Fsp3) is 0.714. The van der Waals surface area contributed by atoms with Crippen molar-refractivity contribution < 1.29 is 17.9 Å². The Morgan fingerprint density at radius 1 is 1.12 bits per heavy atom. The summed E-state index contributed by atoms with van der Waals surface area (Å²) in [5, 5.41) is 3.68. The topological polar surface area (TPSA) is 21.3 Å². The fourth-order valence-electron chi connectivity index (χ4n) is 4.67. The Labute approximate surface area is 154 Å². The van der Waals surface area contributed by atoms with Gasteiger partial charge in [-0.2, -0.15) is 13.2 Å². The van der Waals surface area contributed by atoms with Crippen molar-refractivity contribution >= 4 is 0 Å². The number of hydrogen-bond donors (Lipinski definition) is 1. The van der Waals surface area contributed by atoms with E-state index in [0.717, 1.165) is 38.6 Å². The Bertz CT molecular complexity index is 574. The summed E-state index contributed by atoms with van der Waals surface area (Å²) in [6.07, 6.45) is 0.978. The number of ether oxygens (including phenoxy) is 1. The third-order valence-electron chi connectivity index (χ3n) is 6.24. The third kappa shape index (κ3) is 4.61. The van der Waals surface area contributed by atoms with E-state index < -0.39 is 12.8 Å². The highest BCUT2D eigenvalue weighted by molar-refractivity contribution is 5.29. The highest BCUT2D eigenvalue weighted by Crippen LogP contribution is 2.52. The molecule has 1 aromatic rings. The van der Waals surface area contributed by atoms with Gasteiger partial charge in [0, 0.05) is 12.6 Å². The number of rotatable bonds is 5. The molecule has 26 heavy (non-hydrogen) atoms. The first-order valence-electron chi connectivity index (χ1n) is 9.77. The van der Waals surface area contributed by atoms with Crippen LogP contribution < -0.4 is 5.32 Å². The van der Waals surface area contributed by atoms with Crippen molar-refractivity contribution in [2.75, 3.05) is 19.8 Å². The quantitative estimate of drug-likeness (QED) is 0.729. The van der Waals surface area contributed by atoms with Gasteiger partial charge in [0.25, 0.3) is 0 Å². The van der Waals surface area contributed by atoms with Gasteiger partial charge in [0.1, 0.15) is 6.61 Å². The average molecular weight is 369 g/mol. The summed E-state index contributed by atoms with van der Waals surface area (Å²) in [5.74, 6) is 0.786. The number of benzene rings is 1. The van der Waals surface area contributed by atoms with Gasteiger partial charge in [0.15, 0.2) is 0 Å². The van der Waals surface area contributed by atoms with Crippen LogP contribution >= 0.6 is 0 Å². The SMILES string of the molecule is CC(C)c1ccc(C2NCCC23CCC(COCC(F)(F)F)CC3)cc1. The number of alkyl halides is 3. The predicted octanol–water partition coefficient (Wildman–Crippen LogP) is 5.60. The molecule has 1 aliphatic carbocycles. The average Bonchev–Trinajstić information content (AvgIpc) is 2.99. The minimum atomic E-state index is -4.22. The minimum absolute atomic E-state index is 0.233. The molecule has 2 nitrogen and oxygen atoms in total. The van der Waals surface area contributed by atoms with Gasteiger partial charge in [0.2, 0.25) is 0 Å². The van der Waals surface area contributed by atoms with Crippen molar-refractivity contribution in [3.05, 3.63) is 35.4 Å². The highest BCUT2D eigenvalue weighted by Gasteiger charge is 2.45. The van der Waals surface area contributed by atoms with Gasteiger partial charge < -0.3 is 10.1 Å². The molecule has 3 rings (SSSR count). The zero-order valence-electron chi connectivity index (χ0n) is 15.7. The van der Waals surface area contributed by atoms with Crippen LogP contribution in [0.2, 0.25) is 0 Å². The monoisotopic (exact) mass is 369 g/mol. The van der Waals surface area contributed by atoms with Crippen molar-refractivity contribution in [2.45, 2.75) is 64.1 Å².